The molecule has 798 valence electrons. The van der Waals surface area contributed by atoms with Crippen LogP contribution in [-0.2, 0) is 78.2 Å². The number of rotatable bonds is 35. The predicted octanol–water partition coefficient (Wildman–Crippen LogP) is 15.3. The summed E-state index contributed by atoms with van der Waals surface area (Å²) in [6.07, 6.45) is -0.389. The summed E-state index contributed by atoms with van der Waals surface area (Å²) in [4.78, 5) is 151. The van der Waals surface area contributed by atoms with Crippen molar-refractivity contribution in [1.29, 1.82) is 0 Å². The van der Waals surface area contributed by atoms with Crippen molar-refractivity contribution in [3.05, 3.63) is 273 Å². The molecule has 0 heterocycles. The number of ether oxygens (including phenoxy) is 4. The molecule has 0 saturated heterocycles. The van der Waals surface area contributed by atoms with Gasteiger partial charge >= 0.3 is 54.9 Å². The van der Waals surface area contributed by atoms with Crippen LogP contribution in [0.3, 0.4) is 0 Å². The third-order valence-electron chi connectivity index (χ3n) is 19.0. The van der Waals surface area contributed by atoms with Crippen molar-refractivity contribution in [2.75, 3.05) is 54.5 Å². The van der Waals surface area contributed by atoms with Crippen molar-refractivity contribution in [2.24, 2.45) is 5.73 Å². The van der Waals surface area contributed by atoms with Crippen LogP contribution in [-0.4, -0.2) is 203 Å². The van der Waals surface area contributed by atoms with Crippen molar-refractivity contribution in [1.82, 2.24) is 47.9 Å². The van der Waals surface area contributed by atoms with Gasteiger partial charge in [0, 0.05) is 81.1 Å². The molecule has 34 nitrogen and oxygen atoms in total. The normalized spacial score (nSPS) is 12.1. The number of carboxylic acid groups (broad SMARTS) is 2. The van der Waals surface area contributed by atoms with Crippen molar-refractivity contribution < 1.29 is 136 Å². The molecule has 0 aliphatic rings. The van der Waals surface area contributed by atoms with Crippen molar-refractivity contribution in [3.63, 3.8) is 0 Å². The maximum absolute atomic E-state index is 12.7. The molecule has 0 aromatic heterocycles. The van der Waals surface area contributed by atoms with Gasteiger partial charge in [-0.2, -0.15) is 0 Å². The molecular weight excluding hydrogens is 2150 g/mol. The Hall–Kier alpha value is -9.69. The van der Waals surface area contributed by atoms with E-state index < -0.39 is 108 Å². The number of benzene rings is 8. The number of hydrogen-bond acceptors (Lipinski definition) is 23. The minimum atomic E-state index is -1.35. The zero-order chi connectivity index (χ0) is 109. The van der Waals surface area contributed by atoms with Crippen LogP contribution in [0.25, 0.3) is 0 Å². The van der Waals surface area contributed by atoms with Gasteiger partial charge in [-0.15, -0.1) is 0 Å². The van der Waals surface area contributed by atoms with Gasteiger partial charge in [0.2, 0.25) is 17.7 Å². The molecule has 0 spiro atoms. The van der Waals surface area contributed by atoms with Crippen LogP contribution >= 0.6 is 139 Å². The Morgan fingerprint density at radius 2 is 0.548 bits per heavy atom. The Morgan fingerprint density at radius 3 is 0.719 bits per heavy atom. The SMILES string of the molecule is C.CC.CC(=O)NC[C@H](NC(=O)c1c(Cl)cc(CCC(O)c2cccc(Cl)c2)cc1Cl)C(=O)O.CC(=O)NC[C@H](NC(=O)c1c(Cl)cc(CCC(O)c2cccc(Cl)c2)cc1Cl)C(=O)O.CNC(=O)OC(C)(C)C.CNC(=O)OC(C)(C)C.COC(=O)[C@H](CN)NC(=O)c1c(Cl)cc(CCC(O)c2cccc(Cl)c2)cc1Cl.COC(=O)[C@H](CNC(C)=O)NC(=O)c1c(Cl)cc(CCC(O)c2cccc(Cl)c2)cc1Cl.[Li+].[OH-]. The summed E-state index contributed by atoms with van der Waals surface area (Å²) >= 11 is 73.8. The Bertz CT molecular complexity index is 5370. The van der Waals surface area contributed by atoms with Crippen LogP contribution in [0, 0.1) is 0 Å². The topological polar surface area (TPSA) is 544 Å². The van der Waals surface area contributed by atoms with E-state index in [1.807, 2.05) is 55.4 Å². The number of nitrogens with two attached hydrogens (primary N) is 1. The Balaban J connectivity index is 0. The average Bonchev–Trinajstić information content (AvgIpc) is 0.826. The number of hydrogen-bond donors (Lipinski definition) is 16. The summed E-state index contributed by atoms with van der Waals surface area (Å²) in [6.45, 7) is 17.8. The molecule has 8 atom stereocenters. The smallest absolute Gasteiger partial charge is 0.870 e. The van der Waals surface area contributed by atoms with E-state index in [4.69, 9.17) is 154 Å². The maximum Gasteiger partial charge on any atom is 1.00 e. The number of halogens is 12. The van der Waals surface area contributed by atoms with Gasteiger partial charge in [0.05, 0.1) is 101 Å². The summed E-state index contributed by atoms with van der Waals surface area (Å²) < 4.78 is 18.9. The minimum Gasteiger partial charge on any atom is -0.870 e. The number of aryl methyl sites for hydroxylation is 4. The second kappa shape index (κ2) is 70.3. The van der Waals surface area contributed by atoms with E-state index in [1.54, 1.807) is 121 Å². The van der Waals surface area contributed by atoms with E-state index in [2.05, 4.69) is 57.3 Å². The van der Waals surface area contributed by atoms with Gasteiger partial charge in [0.25, 0.3) is 23.6 Å². The molecular formula is C99H123Cl12LiN10O24. The Morgan fingerprint density at radius 1 is 0.349 bits per heavy atom. The molecule has 8 rings (SSSR count). The number of aliphatic hydroxyl groups excluding tert-OH is 4. The first kappa shape index (κ1) is 138. The van der Waals surface area contributed by atoms with Crippen LogP contribution in [0.4, 0.5) is 9.59 Å². The molecule has 0 fully saturated rings. The Labute approximate surface area is 921 Å². The first-order chi connectivity index (χ1) is 66.9. The first-order valence-corrected chi connectivity index (χ1v) is 48.2. The second-order valence-electron chi connectivity index (χ2n) is 32.6. The van der Waals surface area contributed by atoms with E-state index in [-0.39, 0.29) is 150 Å². The molecule has 4 unspecified atom stereocenters. The van der Waals surface area contributed by atoms with Crippen molar-refractivity contribution in [2.45, 2.75) is 195 Å². The van der Waals surface area contributed by atoms with Crippen LogP contribution in [0.1, 0.15) is 220 Å². The molecule has 0 aliphatic heterocycles. The summed E-state index contributed by atoms with van der Waals surface area (Å²) in [5.74, 6) is -8.14. The van der Waals surface area contributed by atoms with E-state index in [0.29, 0.717) is 105 Å². The number of methoxy groups -OCH3 is 2. The quantitative estimate of drug-likeness (QED) is 0.00996. The minimum absolute atomic E-state index is 0. The van der Waals surface area contributed by atoms with Gasteiger partial charge in [-0.25, -0.2) is 28.8 Å². The van der Waals surface area contributed by atoms with Crippen molar-refractivity contribution >= 4 is 217 Å². The standard InChI is InChI=1S/C22H23Cl3N2O5.2C21H21Cl3N2O5.C20H21Cl3N2O4.2C6H13NO2.C2H6.CH4.Li.H2O/c1-12(28)26-11-18(22(31)32-2)27-21(30)20-16(24)8-13(9-17(20)25)6-7-19(29)14-4-3-5-15(23)10-14;2*1-11(27)25-10-17(21(30)31)26-20(29)19-15(23)7-12(8-16(19)24)5-6-18(28)13-3-2-4-14(22)9-13;1-29-20(28)16(10-24)25-19(27)18-14(22)7-11(8-15(18)23)5-6-17(26)12-3-2-4-13(21)9-12;2*1-6(2,3)9-5(8)7-4;1-2;;;/h3-5,8-10,18-19,29H,6-7,11H2,1-2H3,(H,26,28)(H,27,30);2*2-4,7-9,17-18,28H,5-6,10H2,1H3,(H,25,27)(H,26,29)(H,30,31);2-4,7-9,16-17,26H,5-6,10,24H2,1H3,(H,25,27);2*1-4H3,(H,7,8);1-2H3;1H4;;1H2/q;;;;;;;;+1;/p-1/t18-,19?;2*17-,18?;16-,17?;;;;;;/m0000....../s1. The molecule has 47 heteroatoms. The molecule has 146 heavy (non-hydrogen) atoms. The molecule has 0 radical (unpaired) electrons. The summed E-state index contributed by atoms with van der Waals surface area (Å²) in [5.41, 5.74) is 10.2. The van der Waals surface area contributed by atoms with Gasteiger partial charge in [-0.1, -0.05) is 209 Å². The number of esters is 2. The van der Waals surface area contributed by atoms with Gasteiger partial charge in [-0.3, -0.25) is 33.6 Å². The molecule has 8 aromatic carbocycles. The van der Waals surface area contributed by atoms with Crippen LogP contribution in [0.5, 0.6) is 0 Å². The van der Waals surface area contributed by atoms with Crippen molar-refractivity contribution in [3.8, 4) is 0 Å². The summed E-state index contributed by atoms with van der Waals surface area (Å²) in [6, 6.07) is 35.5. The number of carbonyl (C=O) groups excluding carboxylic acids is 11. The fourth-order valence-electron chi connectivity index (χ4n) is 12.1. The zero-order valence-electron chi connectivity index (χ0n) is 82.1. The van der Waals surface area contributed by atoms with Crippen LogP contribution < -0.4 is 72.4 Å². The fourth-order valence-corrected chi connectivity index (χ4v) is 15.7. The fraction of sp³-hybridized carbons (Fsp3) is 0.384. The van der Waals surface area contributed by atoms with Gasteiger partial charge in [0.15, 0.2) is 0 Å². The average molecular weight is 2270 g/mol. The largest absolute Gasteiger partial charge is 1.00 e. The third-order valence-corrected chi connectivity index (χ3v) is 22.3. The number of nitrogens with one attached hydrogen (secondary N) is 9. The van der Waals surface area contributed by atoms with Gasteiger partial charge in [0.1, 0.15) is 35.4 Å². The van der Waals surface area contributed by atoms with E-state index >= 15 is 0 Å². The van der Waals surface area contributed by atoms with E-state index in [1.165, 1.54) is 73.4 Å². The first-order valence-electron chi connectivity index (χ1n) is 43.7. The van der Waals surface area contributed by atoms with Gasteiger partial charge < -0.3 is 109 Å². The third kappa shape index (κ3) is 52.5. The molecule has 0 bridgehead atoms. The molecule has 8 aromatic rings. The zero-order valence-corrected chi connectivity index (χ0v) is 91.2. The number of carbonyl (C=O) groups is 13. The molecule has 9 amide bonds. The second-order valence-corrected chi connectivity index (χ2v) is 37.6. The molecule has 18 N–H and O–H groups in total. The number of amides is 9. The summed E-state index contributed by atoms with van der Waals surface area (Å²) in [5, 5.41) is 84.0. The van der Waals surface area contributed by atoms with Crippen LogP contribution in [0.2, 0.25) is 60.3 Å². The number of aliphatic carboxylic acids is 2. The van der Waals surface area contributed by atoms with Crippen LogP contribution in [0.15, 0.2) is 146 Å². The van der Waals surface area contributed by atoms with E-state index in [9.17, 15) is 93.0 Å². The predicted molar refractivity (Wildman–Crippen MR) is 565 cm³/mol. The number of carboxylic acids is 2. The summed E-state index contributed by atoms with van der Waals surface area (Å²) in [7, 11) is 5.44. The molecule has 0 saturated carbocycles. The van der Waals surface area contributed by atoms with Gasteiger partial charge in [-0.05, 0) is 234 Å². The Kier molecular flexibility index (Phi) is 66.6. The maximum atomic E-state index is 12.7. The van der Waals surface area contributed by atoms with E-state index in [0.717, 1.165) is 11.1 Å². The monoisotopic (exact) mass is 2260 g/mol. The number of alkyl carbamates (subject to hydrolysis) is 2. The molecule has 0 aliphatic carbocycles. The number of aliphatic hydroxyl groups is 4.